The first kappa shape index (κ1) is 22.1. The highest BCUT2D eigenvalue weighted by Crippen LogP contribution is 2.36. The molecule has 1 saturated heterocycles. The van der Waals surface area contributed by atoms with Crippen LogP contribution in [0.5, 0.6) is 0 Å². The van der Waals surface area contributed by atoms with E-state index in [-0.39, 0.29) is 5.92 Å². The van der Waals surface area contributed by atoms with Crippen molar-refractivity contribution in [3.8, 4) is 0 Å². The molecule has 0 radical (unpaired) electrons. The lowest BCUT2D eigenvalue weighted by Crippen LogP contribution is -2.54. The highest BCUT2D eigenvalue weighted by molar-refractivity contribution is 5.79. The van der Waals surface area contributed by atoms with E-state index in [1.807, 2.05) is 0 Å². The molecule has 1 aliphatic heterocycles. The lowest BCUT2D eigenvalue weighted by Gasteiger charge is -2.42. The van der Waals surface area contributed by atoms with Gasteiger partial charge in [-0.1, -0.05) is 72.1 Å². The second-order valence-electron chi connectivity index (χ2n) is 11.5. The zero-order valence-corrected chi connectivity index (χ0v) is 19.0. The van der Waals surface area contributed by atoms with Crippen LogP contribution in [0.3, 0.4) is 0 Å². The second kappa shape index (κ2) is 9.96. The fourth-order valence-corrected chi connectivity index (χ4v) is 6.18. The van der Waals surface area contributed by atoms with Crippen LogP contribution in [0.1, 0.15) is 117 Å². The lowest BCUT2D eigenvalue weighted by molar-refractivity contribution is -0.127. The van der Waals surface area contributed by atoms with Crippen molar-refractivity contribution < 1.29 is 4.79 Å². The predicted octanol–water partition coefficient (Wildman–Crippen LogP) is 5.97. The maximum Gasteiger partial charge on any atom is 0.224 e. The molecule has 1 heterocycles. The van der Waals surface area contributed by atoms with Crippen LogP contribution in [0.2, 0.25) is 0 Å². The molecule has 0 aromatic heterocycles. The summed E-state index contributed by atoms with van der Waals surface area (Å²) in [5.74, 6) is 1.29. The van der Waals surface area contributed by atoms with Crippen LogP contribution in [-0.4, -0.2) is 24.0 Å². The van der Waals surface area contributed by atoms with Gasteiger partial charge in [0.05, 0.1) is 5.92 Å². The fraction of sp³-hybridized carbons (Fsp3) is 0.960. The Labute approximate surface area is 174 Å². The summed E-state index contributed by atoms with van der Waals surface area (Å²) in [5.41, 5.74) is 0.735. The Balaban J connectivity index is 1.45. The summed E-state index contributed by atoms with van der Waals surface area (Å²) in [6.45, 7) is 7.92. The summed E-state index contributed by atoms with van der Waals surface area (Å²) in [4.78, 5) is 13.0. The molecule has 3 fully saturated rings. The van der Waals surface area contributed by atoms with E-state index in [9.17, 15) is 4.79 Å². The van der Waals surface area contributed by atoms with Crippen LogP contribution in [0, 0.1) is 17.3 Å². The molecule has 3 unspecified atom stereocenters. The van der Waals surface area contributed by atoms with Crippen molar-refractivity contribution in [1.82, 2.24) is 10.6 Å². The van der Waals surface area contributed by atoms with Crippen molar-refractivity contribution in [1.29, 1.82) is 0 Å². The minimum absolute atomic E-state index is 0.182. The van der Waals surface area contributed by atoms with E-state index in [4.69, 9.17) is 0 Å². The van der Waals surface area contributed by atoms with E-state index < -0.39 is 0 Å². The van der Waals surface area contributed by atoms with Gasteiger partial charge in [0.25, 0.3) is 0 Å². The van der Waals surface area contributed by atoms with Crippen molar-refractivity contribution >= 4 is 5.91 Å². The molecule has 2 saturated carbocycles. The Hall–Kier alpha value is -0.570. The van der Waals surface area contributed by atoms with E-state index >= 15 is 0 Å². The van der Waals surface area contributed by atoms with Gasteiger partial charge in [0.1, 0.15) is 0 Å². The molecular weight excluding hydrogens is 344 g/mol. The number of carbonyl (C=O) groups is 1. The minimum atomic E-state index is 0.182. The van der Waals surface area contributed by atoms with E-state index in [1.165, 1.54) is 89.9 Å². The summed E-state index contributed by atoms with van der Waals surface area (Å²) in [6.07, 6.45) is 19.5. The molecule has 3 rings (SSSR count). The average Bonchev–Trinajstić information content (AvgIpc) is 2.74. The Kier molecular flexibility index (Phi) is 7.87. The van der Waals surface area contributed by atoms with E-state index in [0.717, 1.165) is 18.9 Å². The maximum atomic E-state index is 13.0. The number of nitrogens with one attached hydrogen (secondary N) is 2. The topological polar surface area (TPSA) is 41.1 Å². The minimum Gasteiger partial charge on any atom is -0.353 e. The quantitative estimate of drug-likeness (QED) is 0.623. The van der Waals surface area contributed by atoms with Crippen LogP contribution in [0.25, 0.3) is 0 Å². The van der Waals surface area contributed by atoms with Gasteiger partial charge in [0, 0.05) is 18.1 Å². The molecule has 3 aliphatic rings. The smallest absolute Gasteiger partial charge is 0.224 e. The molecule has 162 valence electrons. The van der Waals surface area contributed by atoms with Gasteiger partial charge in [-0.25, -0.2) is 0 Å². The molecule has 1 amide bonds. The second-order valence-corrected chi connectivity index (χ2v) is 11.5. The molecule has 0 aromatic carbocycles. The normalized spacial score (nSPS) is 32.2. The number of rotatable bonds is 3. The molecule has 3 heteroatoms. The third-order valence-corrected chi connectivity index (χ3v) is 7.66. The van der Waals surface area contributed by atoms with Gasteiger partial charge in [-0.15, -0.1) is 0 Å². The van der Waals surface area contributed by atoms with Gasteiger partial charge in [0.15, 0.2) is 0 Å². The molecule has 2 aliphatic carbocycles. The number of piperidine rings is 1. The molecule has 1 spiro atoms. The Morgan fingerprint density at radius 3 is 2.21 bits per heavy atom. The first-order valence-electron chi connectivity index (χ1n) is 12.4. The van der Waals surface area contributed by atoms with Crippen LogP contribution >= 0.6 is 0 Å². The third-order valence-electron chi connectivity index (χ3n) is 7.66. The number of hydrogen-bond donors (Lipinski definition) is 2. The predicted molar refractivity (Wildman–Crippen MR) is 118 cm³/mol. The number of carbonyl (C=O) groups excluding carboxylic acids is 1. The summed E-state index contributed by atoms with van der Waals surface area (Å²) in [5, 5.41) is 7.33. The Morgan fingerprint density at radius 2 is 1.61 bits per heavy atom. The highest BCUT2D eigenvalue weighted by atomic mass is 16.2. The summed E-state index contributed by atoms with van der Waals surface area (Å²) < 4.78 is 0. The fourth-order valence-electron chi connectivity index (χ4n) is 6.18. The molecule has 0 aromatic rings. The number of hydrogen-bond acceptors (Lipinski definition) is 2. The molecular formula is C25H46N2O. The van der Waals surface area contributed by atoms with Crippen molar-refractivity contribution in [2.45, 2.75) is 129 Å². The van der Waals surface area contributed by atoms with Crippen LogP contribution < -0.4 is 10.6 Å². The van der Waals surface area contributed by atoms with Gasteiger partial charge in [0.2, 0.25) is 5.91 Å². The monoisotopic (exact) mass is 390 g/mol. The van der Waals surface area contributed by atoms with Gasteiger partial charge in [-0.2, -0.15) is 0 Å². The van der Waals surface area contributed by atoms with Crippen molar-refractivity contribution in [3.63, 3.8) is 0 Å². The van der Waals surface area contributed by atoms with Gasteiger partial charge in [-0.05, 0) is 56.3 Å². The van der Waals surface area contributed by atoms with Crippen molar-refractivity contribution in [3.05, 3.63) is 0 Å². The van der Waals surface area contributed by atoms with Gasteiger partial charge < -0.3 is 10.6 Å². The standard InChI is InChI=1S/C25H46N2O/c1-24(2,3)18-20-11-10-12-22(17-20)27-23(28)21-13-16-25(26-19-21)14-8-6-4-5-7-9-15-25/h20-22,26H,4-19H2,1-3H3,(H,27,28). The number of amides is 1. The van der Waals surface area contributed by atoms with Gasteiger partial charge >= 0.3 is 0 Å². The SMILES string of the molecule is CC(C)(C)CC1CCCC(NC(=O)C2CCC3(CCCCCCCC3)NC2)C1. The molecule has 28 heavy (non-hydrogen) atoms. The first-order chi connectivity index (χ1) is 13.4. The summed E-state index contributed by atoms with van der Waals surface area (Å²) >= 11 is 0. The summed E-state index contributed by atoms with van der Waals surface area (Å²) in [7, 11) is 0. The van der Waals surface area contributed by atoms with Gasteiger partial charge in [-0.3, -0.25) is 4.79 Å². The van der Waals surface area contributed by atoms with E-state index in [1.54, 1.807) is 0 Å². The molecule has 3 nitrogen and oxygen atoms in total. The Bertz CT molecular complexity index is 475. The highest BCUT2D eigenvalue weighted by Gasteiger charge is 2.37. The van der Waals surface area contributed by atoms with E-state index in [2.05, 4.69) is 31.4 Å². The van der Waals surface area contributed by atoms with Crippen molar-refractivity contribution in [2.24, 2.45) is 17.3 Å². The van der Waals surface area contributed by atoms with Crippen LogP contribution in [0.4, 0.5) is 0 Å². The average molecular weight is 391 g/mol. The first-order valence-corrected chi connectivity index (χ1v) is 12.4. The third kappa shape index (κ3) is 6.75. The lowest BCUT2D eigenvalue weighted by atomic mass is 9.75. The van der Waals surface area contributed by atoms with E-state index in [0.29, 0.717) is 22.9 Å². The Morgan fingerprint density at radius 1 is 0.929 bits per heavy atom. The molecule has 3 atom stereocenters. The maximum absolute atomic E-state index is 13.0. The van der Waals surface area contributed by atoms with Crippen molar-refractivity contribution in [2.75, 3.05) is 6.54 Å². The molecule has 2 N–H and O–H groups in total. The summed E-state index contributed by atoms with van der Waals surface area (Å²) in [6, 6.07) is 0.411. The molecule has 0 bridgehead atoms. The zero-order chi connectivity index (χ0) is 20.0. The zero-order valence-electron chi connectivity index (χ0n) is 19.0. The van der Waals surface area contributed by atoms with Crippen LogP contribution in [-0.2, 0) is 4.79 Å². The van der Waals surface area contributed by atoms with Crippen LogP contribution in [0.15, 0.2) is 0 Å². The largest absolute Gasteiger partial charge is 0.353 e.